The van der Waals surface area contributed by atoms with Crippen molar-refractivity contribution in [3.8, 4) is 0 Å². The molecule has 5 amide bonds. The highest BCUT2D eigenvalue weighted by molar-refractivity contribution is 5.78. The molecule has 9 rings (SSSR count). The molecule has 6 aromatic carbocycles. The Labute approximate surface area is 559 Å². The number of piperidine rings is 2. The number of hydrazine groups is 1. The van der Waals surface area contributed by atoms with Crippen molar-refractivity contribution in [2.45, 2.75) is 152 Å². The maximum Gasteiger partial charge on any atom is 0.426 e. The molecule has 532 valence electrons. The van der Waals surface area contributed by atoms with E-state index in [-0.39, 0.29) is 81.7 Å². The summed E-state index contributed by atoms with van der Waals surface area (Å²) in [5, 5.41) is 2.69. The molecule has 2 unspecified atom stereocenters. The van der Waals surface area contributed by atoms with E-state index in [1.165, 1.54) is 36.5 Å². The summed E-state index contributed by atoms with van der Waals surface area (Å²) in [6.07, 6.45) is -21.2. The Balaban J connectivity index is 0.000000263. The zero-order valence-electron chi connectivity index (χ0n) is 54.3. The van der Waals surface area contributed by atoms with Crippen LogP contribution in [0.1, 0.15) is 141 Å². The standard InChI is InChI=1S/C36H40F6N4O6.C30H30F6N2O3.C4H8O/c1-23(25-17-27(35(37,38)39)19-28(18-25)36(40,41)42)51-22-34(26-13-9-6-10-14-26)16-15-29(43-30(47)44-45-31(48)52-33(2,3)4)20-46(34)32(49)50-21-24-11-7-5-8-12-24;1-20(22-14-24(29(31,32)33)16-25(15-22)30(34,35)36)41-19-28(23-10-6-3-7-11-23)13-12-26(37)17-38(28)27(39)40-18-21-8-4-2-5-9-21;1-2-4-5-3-1/h5-14,17-19,23,29H,15-16,20-22H2,1-4H3,(H,45,48)(H2,43,44,47);2-11,14-16,20,26H,12-13,17-19,37H2,1H3;1-4H2/t23-,29?,34-;20-,26?,28-;/m11./s1. The van der Waals surface area contributed by atoms with E-state index in [1.807, 2.05) is 6.07 Å². The molecular formula is C70H78F12N6O10. The first-order valence-corrected chi connectivity index (χ1v) is 31.3. The topological polar surface area (TPSA) is 192 Å². The number of urea groups is 1. The minimum absolute atomic E-state index is 0.00199. The quantitative estimate of drug-likeness (QED) is 0.0434. The van der Waals surface area contributed by atoms with Gasteiger partial charge in [-0.25, -0.2) is 30.0 Å². The van der Waals surface area contributed by atoms with Crippen molar-refractivity contribution in [2.24, 2.45) is 5.73 Å². The maximum absolute atomic E-state index is 14.0. The molecule has 0 aliphatic carbocycles. The van der Waals surface area contributed by atoms with Gasteiger partial charge in [0.2, 0.25) is 0 Å². The molecule has 5 N–H and O–H groups in total. The van der Waals surface area contributed by atoms with Gasteiger partial charge in [-0.1, -0.05) is 121 Å². The molecular weight excluding hydrogens is 1310 g/mol. The summed E-state index contributed by atoms with van der Waals surface area (Å²) in [7, 11) is 0. The number of halogens is 12. The van der Waals surface area contributed by atoms with Crippen LogP contribution in [-0.4, -0.2) is 91.3 Å². The Morgan fingerprint density at radius 2 is 0.898 bits per heavy atom. The number of rotatable bonds is 15. The monoisotopic (exact) mass is 1390 g/mol. The number of nitrogens with one attached hydrogen (secondary N) is 3. The van der Waals surface area contributed by atoms with Crippen LogP contribution < -0.4 is 21.9 Å². The second kappa shape index (κ2) is 33.3. The van der Waals surface area contributed by atoms with Gasteiger partial charge in [-0.2, -0.15) is 52.7 Å². The molecule has 3 heterocycles. The van der Waals surface area contributed by atoms with Gasteiger partial charge in [-0.15, -0.1) is 0 Å². The number of nitrogens with two attached hydrogens (primary N) is 1. The van der Waals surface area contributed by atoms with Crippen molar-refractivity contribution in [3.05, 3.63) is 213 Å². The summed E-state index contributed by atoms with van der Waals surface area (Å²) in [6, 6.07) is 36.1. The largest absolute Gasteiger partial charge is 0.445 e. The van der Waals surface area contributed by atoms with Crippen molar-refractivity contribution < 1.29 is 100 Å². The van der Waals surface area contributed by atoms with E-state index in [2.05, 4.69) is 16.2 Å². The molecule has 3 aliphatic heterocycles. The van der Waals surface area contributed by atoms with Crippen LogP contribution in [0.2, 0.25) is 0 Å². The Hall–Kier alpha value is -8.60. The normalized spacial score (nSPS) is 19.7. The van der Waals surface area contributed by atoms with Crippen LogP contribution in [0.25, 0.3) is 0 Å². The first kappa shape index (κ1) is 76.8. The maximum atomic E-state index is 14.0. The fourth-order valence-corrected chi connectivity index (χ4v) is 11.2. The number of alkyl halides is 12. The van der Waals surface area contributed by atoms with E-state index in [1.54, 1.807) is 136 Å². The highest BCUT2D eigenvalue weighted by Crippen LogP contribution is 2.45. The van der Waals surface area contributed by atoms with Crippen LogP contribution in [0.15, 0.2) is 158 Å². The number of likely N-dealkylation sites (tertiary alicyclic amines) is 2. The van der Waals surface area contributed by atoms with Gasteiger partial charge in [-0.05, 0) is 143 Å². The van der Waals surface area contributed by atoms with E-state index < -0.39 is 106 Å². The van der Waals surface area contributed by atoms with Gasteiger partial charge in [0.15, 0.2) is 0 Å². The average Bonchev–Trinajstić information content (AvgIpc) is 0.827. The molecule has 6 aromatic rings. The molecule has 0 saturated carbocycles. The summed E-state index contributed by atoms with van der Waals surface area (Å²) >= 11 is 0. The Kier molecular flexibility index (Phi) is 26.1. The van der Waals surface area contributed by atoms with Crippen LogP contribution in [-0.2, 0) is 77.4 Å². The summed E-state index contributed by atoms with van der Waals surface area (Å²) in [5.74, 6) is 0. The fourth-order valence-electron chi connectivity index (χ4n) is 11.2. The summed E-state index contributed by atoms with van der Waals surface area (Å²) in [6.45, 7) is 8.87. The van der Waals surface area contributed by atoms with Crippen LogP contribution in [0.4, 0.5) is 71.9 Å². The minimum atomic E-state index is -5.06. The summed E-state index contributed by atoms with van der Waals surface area (Å²) in [4.78, 5) is 55.0. The average molecular weight is 1390 g/mol. The number of benzene rings is 6. The molecule has 3 aliphatic rings. The Morgan fingerprint density at radius 1 is 0.531 bits per heavy atom. The second-order valence-electron chi connectivity index (χ2n) is 24.8. The molecule has 16 nitrogen and oxygen atoms in total. The summed E-state index contributed by atoms with van der Waals surface area (Å²) in [5.41, 5.74) is 3.44. The predicted molar refractivity (Wildman–Crippen MR) is 336 cm³/mol. The first-order valence-electron chi connectivity index (χ1n) is 31.3. The smallest absolute Gasteiger partial charge is 0.426 e. The number of hydrogen-bond acceptors (Lipinski definition) is 11. The van der Waals surface area contributed by atoms with E-state index in [9.17, 15) is 71.9 Å². The van der Waals surface area contributed by atoms with Crippen LogP contribution in [0.5, 0.6) is 0 Å². The molecule has 0 spiro atoms. The summed E-state index contributed by atoms with van der Waals surface area (Å²) < 4.78 is 196. The second-order valence-corrected chi connectivity index (χ2v) is 24.8. The fraction of sp³-hybridized carbons (Fsp3) is 0.429. The van der Waals surface area contributed by atoms with Gasteiger partial charge in [-0.3, -0.25) is 9.80 Å². The zero-order chi connectivity index (χ0) is 71.7. The number of hydrogen-bond donors (Lipinski definition) is 4. The van der Waals surface area contributed by atoms with Crippen molar-refractivity contribution in [1.82, 2.24) is 26.0 Å². The van der Waals surface area contributed by atoms with Crippen molar-refractivity contribution in [2.75, 3.05) is 39.5 Å². The third kappa shape index (κ3) is 22.0. The third-order valence-electron chi connectivity index (χ3n) is 16.3. The number of amides is 5. The van der Waals surface area contributed by atoms with Crippen molar-refractivity contribution in [1.29, 1.82) is 0 Å². The first-order chi connectivity index (χ1) is 46.1. The highest BCUT2D eigenvalue weighted by Gasteiger charge is 2.49. The predicted octanol–water partition coefficient (Wildman–Crippen LogP) is 16.5. The molecule has 0 bridgehead atoms. The lowest BCUT2D eigenvalue weighted by Gasteiger charge is -2.49. The van der Waals surface area contributed by atoms with Crippen molar-refractivity contribution in [3.63, 3.8) is 0 Å². The Morgan fingerprint density at radius 3 is 1.26 bits per heavy atom. The molecule has 3 saturated heterocycles. The van der Waals surface area contributed by atoms with Crippen LogP contribution in [0, 0.1) is 0 Å². The Bertz CT molecular complexity index is 3470. The molecule has 28 heteroatoms. The molecule has 0 aromatic heterocycles. The number of ether oxygens (including phenoxy) is 6. The van der Waals surface area contributed by atoms with Crippen LogP contribution in [0.3, 0.4) is 0 Å². The zero-order valence-corrected chi connectivity index (χ0v) is 54.3. The van der Waals surface area contributed by atoms with Crippen molar-refractivity contribution >= 4 is 24.3 Å². The number of nitrogens with zero attached hydrogens (tertiary/aromatic N) is 2. The number of carbonyl (C=O) groups excluding carboxylic acids is 4. The molecule has 6 atom stereocenters. The van der Waals surface area contributed by atoms with Gasteiger partial charge >= 0.3 is 49.0 Å². The minimum Gasteiger partial charge on any atom is -0.445 e. The number of carbonyl (C=O) groups is 4. The van der Waals surface area contributed by atoms with E-state index in [4.69, 9.17) is 34.2 Å². The molecule has 98 heavy (non-hydrogen) atoms. The van der Waals surface area contributed by atoms with Crippen LogP contribution >= 0.6 is 0 Å². The van der Waals surface area contributed by atoms with Gasteiger partial charge in [0.05, 0.1) is 58.8 Å². The van der Waals surface area contributed by atoms with Gasteiger partial charge in [0, 0.05) is 38.4 Å². The van der Waals surface area contributed by atoms with E-state index in [0.29, 0.717) is 53.8 Å². The van der Waals surface area contributed by atoms with Gasteiger partial charge < -0.3 is 39.5 Å². The lowest BCUT2D eigenvalue weighted by molar-refractivity contribution is -0.145. The molecule has 3 fully saturated rings. The van der Waals surface area contributed by atoms with E-state index in [0.717, 1.165) is 18.8 Å². The molecule has 0 radical (unpaired) electrons. The lowest BCUT2D eigenvalue weighted by atomic mass is 9.79. The highest BCUT2D eigenvalue weighted by atomic mass is 19.4. The van der Waals surface area contributed by atoms with E-state index >= 15 is 0 Å². The third-order valence-corrected chi connectivity index (χ3v) is 16.3. The van der Waals surface area contributed by atoms with Gasteiger partial charge in [0.25, 0.3) is 0 Å². The lowest BCUT2D eigenvalue weighted by Crippen LogP contribution is -2.62. The SMILES string of the molecule is C1CCOC1.C[C@@H](OC[C@@]1(c2ccccc2)CCC(N)CN1C(=O)OCc1ccccc1)c1cc(C(F)(F)F)cc(C(F)(F)F)c1.C[C@@H](OC[C@@]1(c2ccccc2)CCC(NC(=O)NNC(=O)OC(C)(C)C)CN1C(=O)OCc1ccccc1)c1cc(C(F)(F)F)cc(C(F)(F)F)c1. The van der Waals surface area contributed by atoms with Gasteiger partial charge in [0.1, 0.15) is 18.8 Å².